The minimum absolute atomic E-state index is 0.0124. The summed E-state index contributed by atoms with van der Waals surface area (Å²) in [6, 6.07) is 5.23. The SMILES string of the molecule is COc1ccc(C(=N)N)c(OC2CCOC2)c1. The summed E-state index contributed by atoms with van der Waals surface area (Å²) in [5.74, 6) is 1.25. The molecule has 0 radical (unpaired) electrons. The fourth-order valence-corrected chi connectivity index (χ4v) is 1.74. The molecule has 5 heteroatoms. The fourth-order valence-electron chi connectivity index (χ4n) is 1.74. The van der Waals surface area contributed by atoms with Crippen LogP contribution >= 0.6 is 0 Å². The van der Waals surface area contributed by atoms with E-state index in [1.807, 2.05) is 0 Å². The minimum atomic E-state index is -0.0124. The van der Waals surface area contributed by atoms with Gasteiger partial charge in [-0.3, -0.25) is 5.41 Å². The number of benzene rings is 1. The van der Waals surface area contributed by atoms with Gasteiger partial charge in [-0.15, -0.1) is 0 Å². The largest absolute Gasteiger partial charge is 0.497 e. The van der Waals surface area contributed by atoms with Gasteiger partial charge in [0.05, 0.1) is 25.9 Å². The molecule has 5 nitrogen and oxygen atoms in total. The molecular weight excluding hydrogens is 220 g/mol. The van der Waals surface area contributed by atoms with Gasteiger partial charge >= 0.3 is 0 Å². The van der Waals surface area contributed by atoms with E-state index in [1.165, 1.54) is 0 Å². The highest BCUT2D eigenvalue weighted by Crippen LogP contribution is 2.26. The molecule has 1 aromatic rings. The molecule has 0 aliphatic carbocycles. The van der Waals surface area contributed by atoms with Crippen LogP contribution in [0.25, 0.3) is 0 Å². The maximum absolute atomic E-state index is 7.50. The number of hydrogen-bond acceptors (Lipinski definition) is 4. The Balaban J connectivity index is 2.24. The van der Waals surface area contributed by atoms with Crippen LogP contribution in [0.15, 0.2) is 18.2 Å². The number of methoxy groups -OCH3 is 1. The van der Waals surface area contributed by atoms with E-state index < -0.39 is 0 Å². The quantitative estimate of drug-likeness (QED) is 0.607. The van der Waals surface area contributed by atoms with Crippen LogP contribution in [-0.4, -0.2) is 32.3 Å². The van der Waals surface area contributed by atoms with Crippen molar-refractivity contribution in [1.82, 2.24) is 0 Å². The van der Waals surface area contributed by atoms with Crippen LogP contribution in [0.3, 0.4) is 0 Å². The van der Waals surface area contributed by atoms with Crippen LogP contribution in [0, 0.1) is 5.41 Å². The monoisotopic (exact) mass is 236 g/mol. The van der Waals surface area contributed by atoms with Crippen LogP contribution in [0.2, 0.25) is 0 Å². The molecule has 1 atom stereocenters. The third kappa shape index (κ3) is 2.68. The Labute approximate surface area is 100.0 Å². The topological polar surface area (TPSA) is 77.6 Å². The molecule has 0 aromatic heterocycles. The molecule has 0 spiro atoms. The Morgan fingerprint density at radius 1 is 1.53 bits per heavy atom. The molecule has 2 rings (SSSR count). The predicted octanol–water partition coefficient (Wildman–Crippen LogP) is 1.15. The lowest BCUT2D eigenvalue weighted by atomic mass is 10.1. The molecule has 92 valence electrons. The molecule has 0 saturated carbocycles. The van der Waals surface area contributed by atoms with Gasteiger partial charge in [-0.2, -0.15) is 0 Å². The van der Waals surface area contributed by atoms with Gasteiger partial charge in [-0.25, -0.2) is 0 Å². The number of nitrogen functional groups attached to an aromatic ring is 1. The molecule has 1 fully saturated rings. The third-order valence-corrected chi connectivity index (χ3v) is 2.66. The van der Waals surface area contributed by atoms with E-state index >= 15 is 0 Å². The molecular formula is C12H16N2O3. The molecule has 0 bridgehead atoms. The maximum Gasteiger partial charge on any atom is 0.134 e. The lowest BCUT2D eigenvalue weighted by Crippen LogP contribution is -2.19. The van der Waals surface area contributed by atoms with Crippen LogP contribution in [0.5, 0.6) is 11.5 Å². The first kappa shape index (κ1) is 11.7. The van der Waals surface area contributed by atoms with Gasteiger partial charge in [0.1, 0.15) is 23.4 Å². The van der Waals surface area contributed by atoms with E-state index in [4.69, 9.17) is 25.4 Å². The van der Waals surface area contributed by atoms with Crippen molar-refractivity contribution in [1.29, 1.82) is 5.41 Å². The van der Waals surface area contributed by atoms with Crippen LogP contribution in [0.4, 0.5) is 0 Å². The number of amidine groups is 1. The molecule has 3 N–H and O–H groups in total. The van der Waals surface area contributed by atoms with Gasteiger partial charge in [0.2, 0.25) is 0 Å². The Morgan fingerprint density at radius 2 is 2.35 bits per heavy atom. The zero-order valence-electron chi connectivity index (χ0n) is 9.73. The molecule has 1 aromatic carbocycles. The van der Waals surface area contributed by atoms with Gasteiger partial charge in [0, 0.05) is 12.5 Å². The average molecular weight is 236 g/mol. The highest BCUT2D eigenvalue weighted by molar-refractivity contribution is 5.97. The van der Waals surface area contributed by atoms with Crippen LogP contribution in [0.1, 0.15) is 12.0 Å². The summed E-state index contributed by atoms with van der Waals surface area (Å²) in [6.07, 6.45) is 0.884. The number of rotatable bonds is 4. The normalized spacial score (nSPS) is 19.0. The van der Waals surface area contributed by atoms with Crippen molar-refractivity contribution in [2.75, 3.05) is 20.3 Å². The number of nitrogens with two attached hydrogens (primary N) is 1. The second kappa shape index (κ2) is 5.05. The van der Waals surface area contributed by atoms with E-state index in [2.05, 4.69) is 0 Å². The second-order valence-corrected chi connectivity index (χ2v) is 3.88. The molecule has 1 heterocycles. The summed E-state index contributed by atoms with van der Waals surface area (Å²) < 4.78 is 16.2. The van der Waals surface area contributed by atoms with E-state index in [0.29, 0.717) is 30.3 Å². The summed E-state index contributed by atoms with van der Waals surface area (Å²) in [5, 5.41) is 7.50. The van der Waals surface area contributed by atoms with Gasteiger partial charge in [0.15, 0.2) is 0 Å². The Kier molecular flexibility index (Phi) is 3.49. The first-order valence-corrected chi connectivity index (χ1v) is 5.47. The Morgan fingerprint density at radius 3 is 2.94 bits per heavy atom. The van der Waals surface area contributed by atoms with E-state index in [-0.39, 0.29) is 11.9 Å². The first-order valence-electron chi connectivity index (χ1n) is 5.47. The summed E-state index contributed by atoms with van der Waals surface area (Å²) in [6.45, 7) is 1.29. The lowest BCUT2D eigenvalue weighted by Gasteiger charge is -2.15. The fraction of sp³-hybridized carbons (Fsp3) is 0.417. The molecule has 1 saturated heterocycles. The maximum atomic E-state index is 7.50. The van der Waals surface area contributed by atoms with Crippen molar-refractivity contribution >= 4 is 5.84 Å². The van der Waals surface area contributed by atoms with Gasteiger partial charge in [-0.1, -0.05) is 0 Å². The number of nitrogens with one attached hydrogen (secondary N) is 1. The van der Waals surface area contributed by atoms with Gasteiger partial charge in [-0.05, 0) is 12.1 Å². The van der Waals surface area contributed by atoms with Crippen molar-refractivity contribution in [2.24, 2.45) is 5.73 Å². The third-order valence-electron chi connectivity index (χ3n) is 2.66. The van der Waals surface area contributed by atoms with Gasteiger partial charge < -0.3 is 19.9 Å². The molecule has 1 aliphatic heterocycles. The molecule has 17 heavy (non-hydrogen) atoms. The summed E-state index contributed by atoms with van der Waals surface area (Å²) >= 11 is 0. The van der Waals surface area contributed by atoms with Crippen molar-refractivity contribution in [2.45, 2.75) is 12.5 Å². The van der Waals surface area contributed by atoms with Crippen LogP contribution < -0.4 is 15.2 Å². The van der Waals surface area contributed by atoms with E-state index in [9.17, 15) is 0 Å². The number of ether oxygens (including phenoxy) is 3. The molecule has 1 aliphatic rings. The van der Waals surface area contributed by atoms with Crippen molar-refractivity contribution in [3.05, 3.63) is 23.8 Å². The van der Waals surface area contributed by atoms with Crippen molar-refractivity contribution in [3.8, 4) is 11.5 Å². The van der Waals surface area contributed by atoms with E-state index in [0.717, 1.165) is 6.42 Å². The summed E-state index contributed by atoms with van der Waals surface area (Å²) in [5.41, 5.74) is 6.09. The highest BCUT2D eigenvalue weighted by atomic mass is 16.5. The zero-order valence-corrected chi connectivity index (χ0v) is 9.73. The second-order valence-electron chi connectivity index (χ2n) is 3.88. The zero-order chi connectivity index (χ0) is 12.3. The number of hydrogen-bond donors (Lipinski definition) is 2. The van der Waals surface area contributed by atoms with Crippen molar-refractivity contribution < 1.29 is 14.2 Å². The summed E-state index contributed by atoms with van der Waals surface area (Å²) in [4.78, 5) is 0. The first-order chi connectivity index (χ1) is 8.20. The highest BCUT2D eigenvalue weighted by Gasteiger charge is 2.19. The minimum Gasteiger partial charge on any atom is -0.497 e. The molecule has 0 amide bonds. The smallest absolute Gasteiger partial charge is 0.134 e. The van der Waals surface area contributed by atoms with Crippen molar-refractivity contribution in [3.63, 3.8) is 0 Å². The summed E-state index contributed by atoms with van der Waals surface area (Å²) in [7, 11) is 1.59. The predicted molar refractivity (Wildman–Crippen MR) is 63.9 cm³/mol. The standard InChI is InChI=1S/C12H16N2O3/c1-15-8-2-3-10(12(13)14)11(6-8)17-9-4-5-16-7-9/h2-3,6,9H,4-5,7H2,1H3,(H3,13,14). The van der Waals surface area contributed by atoms with Gasteiger partial charge in [0.25, 0.3) is 0 Å². The Bertz CT molecular complexity index is 414. The Hall–Kier alpha value is -1.75. The lowest BCUT2D eigenvalue weighted by molar-refractivity contribution is 0.141. The average Bonchev–Trinajstić information content (AvgIpc) is 2.81. The molecule has 1 unspecified atom stereocenters. The van der Waals surface area contributed by atoms with E-state index in [1.54, 1.807) is 25.3 Å². The van der Waals surface area contributed by atoms with Crippen LogP contribution in [-0.2, 0) is 4.74 Å².